The number of carbonyl (C=O) groups excluding carboxylic acids is 1. The van der Waals surface area contributed by atoms with Crippen LogP contribution in [0.1, 0.15) is 18.9 Å². The van der Waals surface area contributed by atoms with E-state index in [2.05, 4.69) is 11.9 Å². The Morgan fingerprint density at radius 3 is 2.70 bits per heavy atom. The standard InChI is InChI=1S/C24H28ClN3O4S/c1-3-15-27(4-2)16-7-14-26-24(29)32-21-17-19-8-5-6-9-23(19)28(18-21)33(30,31)22-12-10-20(25)11-13-22/h3-6,8-13,15,21H,2,7,14,16-18H2,1H3,(H,26,29)/b15-3-. The minimum atomic E-state index is -3.86. The third kappa shape index (κ3) is 6.30. The van der Waals surface area contributed by atoms with Gasteiger partial charge in [-0.1, -0.05) is 42.5 Å². The maximum atomic E-state index is 13.4. The predicted molar refractivity (Wildman–Crippen MR) is 131 cm³/mol. The summed E-state index contributed by atoms with van der Waals surface area (Å²) in [4.78, 5) is 14.4. The summed E-state index contributed by atoms with van der Waals surface area (Å²) in [6.07, 6.45) is 5.48. The molecule has 9 heteroatoms. The Balaban J connectivity index is 1.67. The fourth-order valence-corrected chi connectivity index (χ4v) is 5.28. The molecule has 0 saturated carbocycles. The number of benzene rings is 2. The fraction of sp³-hybridized carbons (Fsp3) is 0.292. The number of halogens is 1. The zero-order valence-corrected chi connectivity index (χ0v) is 20.1. The zero-order valence-electron chi connectivity index (χ0n) is 18.5. The minimum absolute atomic E-state index is 0.0287. The summed E-state index contributed by atoms with van der Waals surface area (Å²) in [5.74, 6) is 0. The Morgan fingerprint density at radius 2 is 2.00 bits per heavy atom. The van der Waals surface area contributed by atoms with Crippen LogP contribution < -0.4 is 9.62 Å². The van der Waals surface area contributed by atoms with Crippen molar-refractivity contribution in [3.05, 3.63) is 84.2 Å². The molecule has 0 saturated heterocycles. The summed E-state index contributed by atoms with van der Waals surface area (Å²) in [7, 11) is -3.86. The smallest absolute Gasteiger partial charge is 0.407 e. The van der Waals surface area contributed by atoms with Crippen molar-refractivity contribution in [1.29, 1.82) is 0 Å². The van der Waals surface area contributed by atoms with Crippen molar-refractivity contribution < 1.29 is 17.9 Å². The third-order valence-corrected chi connectivity index (χ3v) is 7.24. The minimum Gasteiger partial charge on any atom is -0.444 e. The largest absolute Gasteiger partial charge is 0.444 e. The van der Waals surface area contributed by atoms with Crippen LogP contribution >= 0.6 is 11.6 Å². The van der Waals surface area contributed by atoms with Gasteiger partial charge in [-0.25, -0.2) is 13.2 Å². The maximum Gasteiger partial charge on any atom is 0.407 e. The average Bonchev–Trinajstić information content (AvgIpc) is 2.80. The van der Waals surface area contributed by atoms with Gasteiger partial charge in [-0.15, -0.1) is 0 Å². The van der Waals surface area contributed by atoms with E-state index in [0.29, 0.717) is 36.6 Å². The first-order valence-corrected chi connectivity index (χ1v) is 12.5. The molecule has 1 unspecified atom stereocenters. The van der Waals surface area contributed by atoms with Crippen molar-refractivity contribution in [2.75, 3.05) is 23.9 Å². The van der Waals surface area contributed by atoms with E-state index >= 15 is 0 Å². The Labute approximate surface area is 200 Å². The summed E-state index contributed by atoms with van der Waals surface area (Å²) >= 11 is 5.92. The zero-order chi connectivity index (χ0) is 23.8. The molecule has 1 atom stereocenters. The van der Waals surface area contributed by atoms with Crippen LogP contribution in [0, 0.1) is 0 Å². The molecule has 1 aliphatic rings. The van der Waals surface area contributed by atoms with E-state index in [1.807, 2.05) is 36.2 Å². The van der Waals surface area contributed by atoms with Gasteiger partial charge in [0.1, 0.15) is 6.10 Å². The molecule has 0 fully saturated rings. The molecule has 2 aromatic rings. The lowest BCUT2D eigenvalue weighted by molar-refractivity contribution is 0.100. The fourth-order valence-electron chi connectivity index (χ4n) is 3.62. The molecule has 7 nitrogen and oxygen atoms in total. The molecule has 1 aliphatic heterocycles. The van der Waals surface area contributed by atoms with Crippen LogP contribution in [0.15, 0.2) is 78.5 Å². The molecule has 1 N–H and O–H groups in total. The van der Waals surface area contributed by atoms with Crippen LogP contribution in [-0.2, 0) is 21.2 Å². The molecule has 1 heterocycles. The van der Waals surface area contributed by atoms with Crippen molar-refractivity contribution in [2.45, 2.75) is 30.8 Å². The van der Waals surface area contributed by atoms with E-state index in [1.165, 1.54) is 28.6 Å². The molecule has 3 rings (SSSR count). The molecule has 176 valence electrons. The number of hydrogen-bond acceptors (Lipinski definition) is 5. The van der Waals surface area contributed by atoms with Gasteiger partial charge in [0.25, 0.3) is 10.0 Å². The van der Waals surface area contributed by atoms with E-state index < -0.39 is 22.2 Å². The third-order valence-electron chi connectivity index (χ3n) is 5.19. The highest BCUT2D eigenvalue weighted by Crippen LogP contribution is 2.33. The molecule has 0 bridgehead atoms. The average molecular weight is 490 g/mol. The second-order valence-corrected chi connectivity index (χ2v) is 9.83. The number of anilines is 1. The van der Waals surface area contributed by atoms with Gasteiger partial charge in [0.15, 0.2) is 0 Å². The normalized spacial score (nSPS) is 15.7. The van der Waals surface area contributed by atoms with E-state index in [9.17, 15) is 13.2 Å². The predicted octanol–water partition coefficient (Wildman–Crippen LogP) is 4.56. The van der Waals surface area contributed by atoms with Crippen LogP contribution in [-0.4, -0.2) is 45.1 Å². The Bertz CT molecular complexity index is 1100. The van der Waals surface area contributed by atoms with Gasteiger partial charge in [0.05, 0.1) is 17.1 Å². The maximum absolute atomic E-state index is 13.4. The second-order valence-electron chi connectivity index (χ2n) is 7.53. The van der Waals surface area contributed by atoms with Crippen molar-refractivity contribution in [3.63, 3.8) is 0 Å². The van der Waals surface area contributed by atoms with Crippen LogP contribution in [0.5, 0.6) is 0 Å². The Kier molecular flexibility index (Phi) is 8.41. The monoisotopic (exact) mass is 489 g/mol. The molecule has 0 radical (unpaired) electrons. The van der Waals surface area contributed by atoms with Crippen LogP contribution in [0.2, 0.25) is 5.02 Å². The summed E-state index contributed by atoms with van der Waals surface area (Å²) in [6, 6.07) is 13.2. The number of amides is 1. The van der Waals surface area contributed by atoms with Crippen LogP contribution in [0.25, 0.3) is 0 Å². The number of alkyl carbamates (subject to hydrolysis) is 1. The second kappa shape index (κ2) is 11.2. The van der Waals surface area contributed by atoms with Gasteiger partial charge in [-0.3, -0.25) is 4.31 Å². The molecule has 0 aromatic heterocycles. The highest BCUT2D eigenvalue weighted by molar-refractivity contribution is 7.92. The lowest BCUT2D eigenvalue weighted by atomic mass is 10.0. The number of fused-ring (bicyclic) bond motifs is 1. The van der Waals surface area contributed by atoms with Gasteiger partial charge in [-0.05, 0) is 61.6 Å². The Morgan fingerprint density at radius 1 is 1.27 bits per heavy atom. The van der Waals surface area contributed by atoms with E-state index in [4.69, 9.17) is 16.3 Å². The lowest BCUT2D eigenvalue weighted by Crippen LogP contribution is -2.45. The first-order chi connectivity index (χ1) is 15.8. The highest BCUT2D eigenvalue weighted by atomic mass is 35.5. The number of para-hydroxylation sites is 1. The number of nitrogens with one attached hydrogen (secondary N) is 1. The van der Waals surface area contributed by atoms with Crippen molar-refractivity contribution in [2.24, 2.45) is 0 Å². The molecular formula is C24H28ClN3O4S. The number of ether oxygens (including phenoxy) is 1. The van der Waals surface area contributed by atoms with E-state index in [0.717, 1.165) is 5.56 Å². The van der Waals surface area contributed by atoms with Crippen molar-refractivity contribution in [3.8, 4) is 0 Å². The number of sulfonamides is 1. The van der Waals surface area contributed by atoms with Gasteiger partial charge in [-0.2, -0.15) is 0 Å². The number of carbonyl (C=O) groups is 1. The van der Waals surface area contributed by atoms with Crippen molar-refractivity contribution in [1.82, 2.24) is 10.2 Å². The molecule has 33 heavy (non-hydrogen) atoms. The quantitative estimate of drug-likeness (QED) is 0.522. The number of nitrogens with zero attached hydrogens (tertiary/aromatic N) is 2. The first-order valence-electron chi connectivity index (χ1n) is 10.7. The van der Waals surface area contributed by atoms with Gasteiger partial charge in [0.2, 0.25) is 0 Å². The molecule has 0 spiro atoms. The number of rotatable bonds is 9. The molecule has 2 aromatic carbocycles. The Hall–Kier alpha value is -2.97. The summed E-state index contributed by atoms with van der Waals surface area (Å²) in [5.41, 5.74) is 1.38. The SMILES string of the molecule is C=CN(/C=C\C)CCCNC(=O)OC1Cc2ccccc2N(S(=O)(=O)c2ccc(Cl)cc2)C1. The molecule has 1 amide bonds. The van der Waals surface area contributed by atoms with Crippen molar-refractivity contribution >= 4 is 33.4 Å². The topological polar surface area (TPSA) is 79.0 Å². The lowest BCUT2D eigenvalue weighted by Gasteiger charge is -2.34. The van der Waals surface area contributed by atoms with E-state index in [1.54, 1.807) is 18.3 Å². The van der Waals surface area contributed by atoms with E-state index in [-0.39, 0.29) is 11.4 Å². The first kappa shape index (κ1) is 24.7. The summed E-state index contributed by atoms with van der Waals surface area (Å²) in [5, 5.41) is 3.19. The summed E-state index contributed by atoms with van der Waals surface area (Å²) in [6.45, 7) is 6.83. The van der Waals surface area contributed by atoms with Gasteiger partial charge in [0, 0.05) is 24.5 Å². The van der Waals surface area contributed by atoms with Gasteiger partial charge < -0.3 is 15.0 Å². The summed E-state index contributed by atoms with van der Waals surface area (Å²) < 4.78 is 33.6. The highest BCUT2D eigenvalue weighted by Gasteiger charge is 2.34. The van der Waals surface area contributed by atoms with Crippen LogP contribution in [0.4, 0.5) is 10.5 Å². The molecular weight excluding hydrogens is 462 g/mol. The van der Waals surface area contributed by atoms with Crippen LogP contribution in [0.3, 0.4) is 0 Å². The molecule has 0 aliphatic carbocycles. The van der Waals surface area contributed by atoms with Gasteiger partial charge >= 0.3 is 6.09 Å². The number of hydrogen-bond donors (Lipinski definition) is 1. The number of allylic oxidation sites excluding steroid dienone is 1.